The van der Waals surface area contributed by atoms with Crippen LogP contribution in [0.25, 0.3) is 0 Å². The molecule has 9 heavy (non-hydrogen) atoms. The molecule has 51 valence electrons. The summed E-state index contributed by atoms with van der Waals surface area (Å²) >= 11 is 0. The van der Waals surface area contributed by atoms with Crippen molar-refractivity contribution in [2.24, 2.45) is 5.92 Å². The molecule has 0 rings (SSSR count). The summed E-state index contributed by atoms with van der Waals surface area (Å²) in [5.41, 5.74) is 6.40. The lowest BCUT2D eigenvalue weighted by atomic mass is 10.1. The highest BCUT2D eigenvalue weighted by molar-refractivity contribution is 5.80. The Kier molecular flexibility index (Phi) is 2.70. The van der Waals surface area contributed by atoms with Crippen molar-refractivity contribution in [3.63, 3.8) is 0 Å². The molecule has 0 aliphatic rings. The first-order chi connectivity index (χ1) is 4.04. The van der Waals surface area contributed by atoms with E-state index in [2.05, 4.69) is 0 Å². The van der Waals surface area contributed by atoms with Gasteiger partial charge in [-0.05, 0) is 0 Å². The van der Waals surface area contributed by atoms with Crippen molar-refractivity contribution in [3.8, 4) is 0 Å². The minimum Gasteiger partial charge on any atom is -0.481 e. The van der Waals surface area contributed by atoms with E-state index in [1.54, 1.807) is 0 Å². The summed E-state index contributed by atoms with van der Waals surface area (Å²) in [6, 6.07) is 0. The molecule has 0 aromatic carbocycles. The molecule has 0 aliphatic carbocycles. The molecule has 0 saturated heterocycles. The third kappa shape index (κ3) is 3.52. The fourth-order valence-electron chi connectivity index (χ4n) is 0.365. The normalized spacial score (nSPS) is 12.6. The van der Waals surface area contributed by atoms with Gasteiger partial charge in [0, 0.05) is 6.42 Å². The lowest BCUT2D eigenvalue weighted by Crippen LogP contribution is -2.14. The Morgan fingerprint density at radius 2 is 2.11 bits per heavy atom. The summed E-state index contributed by atoms with van der Waals surface area (Å²) in [5, 5.41) is 8.20. The van der Waals surface area contributed by atoms with E-state index in [0.29, 0.717) is 0 Å². The van der Waals surface area contributed by atoms with Gasteiger partial charge in [0.05, 0.1) is 5.92 Å². The maximum absolute atomic E-state index is 10.00. The summed E-state index contributed by atoms with van der Waals surface area (Å²) in [7, 11) is 0. The van der Waals surface area contributed by atoms with E-state index in [-0.39, 0.29) is 6.42 Å². The van der Waals surface area contributed by atoms with Crippen molar-refractivity contribution in [1.82, 2.24) is 5.73 Å². The highest BCUT2D eigenvalue weighted by Gasteiger charge is 2.13. The van der Waals surface area contributed by atoms with Gasteiger partial charge in [-0.15, -0.1) is 0 Å². The molecule has 0 aliphatic heterocycles. The molecule has 2 N–H and O–H groups in total. The Balaban J connectivity index is 3.63. The monoisotopic (exact) mass is 130 g/mol. The number of aliphatic carboxylic acids is 1. The fourth-order valence-corrected chi connectivity index (χ4v) is 0.365. The minimum atomic E-state index is -1.03. The molecule has 1 radical (unpaired) electrons. The van der Waals surface area contributed by atoms with Crippen LogP contribution in [0.1, 0.15) is 13.3 Å². The van der Waals surface area contributed by atoms with Crippen LogP contribution in [0.4, 0.5) is 0 Å². The van der Waals surface area contributed by atoms with E-state index in [4.69, 9.17) is 10.8 Å². The zero-order valence-corrected chi connectivity index (χ0v) is 5.05. The second-order valence-corrected chi connectivity index (χ2v) is 1.87. The van der Waals surface area contributed by atoms with E-state index < -0.39 is 17.8 Å². The van der Waals surface area contributed by atoms with Gasteiger partial charge in [-0.2, -0.15) is 0 Å². The van der Waals surface area contributed by atoms with Crippen LogP contribution in [-0.2, 0) is 9.59 Å². The number of hydrogen-bond acceptors (Lipinski definition) is 2. The van der Waals surface area contributed by atoms with E-state index in [1.807, 2.05) is 0 Å². The summed E-state index contributed by atoms with van der Waals surface area (Å²) in [4.78, 5) is 20.0. The Labute approximate surface area is 52.7 Å². The standard InChI is InChI=1S/C5H8NO3/c1-3(5(8)9)2-4(6)7/h3,6H,2H2,1H3,(H,8,9). The largest absolute Gasteiger partial charge is 0.481 e. The number of rotatable bonds is 3. The second kappa shape index (κ2) is 3.06. The average molecular weight is 130 g/mol. The molecule has 0 spiro atoms. The van der Waals surface area contributed by atoms with Crippen LogP contribution < -0.4 is 5.73 Å². The molecule has 0 aromatic heterocycles. The van der Waals surface area contributed by atoms with Crippen LogP contribution in [0.5, 0.6) is 0 Å². The Bertz CT molecular complexity index is 132. The number of amides is 1. The Morgan fingerprint density at radius 3 is 2.22 bits per heavy atom. The summed E-state index contributed by atoms with van der Waals surface area (Å²) < 4.78 is 0. The topological polar surface area (TPSA) is 78.2 Å². The van der Waals surface area contributed by atoms with Gasteiger partial charge in [0.25, 0.3) is 0 Å². The third-order valence-corrected chi connectivity index (χ3v) is 0.913. The number of hydrogen-bond donors (Lipinski definition) is 1. The highest BCUT2D eigenvalue weighted by atomic mass is 16.4. The molecular weight excluding hydrogens is 122 g/mol. The number of carboxylic acids is 1. The minimum absolute atomic E-state index is 0.199. The molecule has 1 amide bonds. The Hall–Kier alpha value is -1.06. The average Bonchev–Trinajstić information content (AvgIpc) is 1.63. The molecule has 0 fully saturated rings. The zero-order chi connectivity index (χ0) is 7.44. The molecular formula is C5H8NO3. The van der Waals surface area contributed by atoms with Crippen molar-refractivity contribution in [3.05, 3.63) is 0 Å². The number of carbonyl (C=O) groups excluding carboxylic acids is 1. The van der Waals surface area contributed by atoms with Gasteiger partial charge in [0.15, 0.2) is 0 Å². The molecule has 1 unspecified atom stereocenters. The Morgan fingerprint density at radius 1 is 1.67 bits per heavy atom. The molecule has 0 bridgehead atoms. The van der Waals surface area contributed by atoms with Gasteiger partial charge < -0.3 is 5.11 Å². The fraction of sp³-hybridized carbons (Fsp3) is 0.600. The smallest absolute Gasteiger partial charge is 0.306 e. The lowest BCUT2D eigenvalue weighted by molar-refractivity contribution is -0.143. The molecule has 0 heterocycles. The first-order valence-corrected chi connectivity index (χ1v) is 2.51. The summed E-state index contributed by atoms with van der Waals surface area (Å²) in [6.45, 7) is 1.40. The van der Waals surface area contributed by atoms with Crippen LogP contribution in [0.15, 0.2) is 0 Å². The summed E-state index contributed by atoms with van der Waals surface area (Å²) in [5.74, 6) is -2.59. The predicted octanol–water partition coefficient (Wildman–Crippen LogP) is -0.0933. The molecule has 1 atom stereocenters. The molecule has 0 saturated carbocycles. The number of carbonyl (C=O) groups is 2. The van der Waals surface area contributed by atoms with Crippen molar-refractivity contribution in [1.29, 1.82) is 0 Å². The van der Waals surface area contributed by atoms with Crippen molar-refractivity contribution in [2.75, 3.05) is 0 Å². The zero-order valence-electron chi connectivity index (χ0n) is 5.05. The SMILES string of the molecule is CC(CC([NH])=O)C(=O)O. The van der Waals surface area contributed by atoms with Gasteiger partial charge in [0.2, 0.25) is 5.91 Å². The summed E-state index contributed by atoms with van der Waals surface area (Å²) in [6.07, 6.45) is -0.199. The first kappa shape index (κ1) is 7.94. The van der Waals surface area contributed by atoms with Crippen LogP contribution in [0.2, 0.25) is 0 Å². The molecule has 0 aromatic rings. The van der Waals surface area contributed by atoms with Gasteiger partial charge in [0.1, 0.15) is 0 Å². The van der Waals surface area contributed by atoms with Gasteiger partial charge >= 0.3 is 5.97 Å². The predicted molar refractivity (Wildman–Crippen MR) is 29.5 cm³/mol. The third-order valence-electron chi connectivity index (χ3n) is 0.913. The number of nitrogens with one attached hydrogen (secondary N) is 1. The van der Waals surface area contributed by atoms with Crippen molar-refractivity contribution in [2.45, 2.75) is 13.3 Å². The van der Waals surface area contributed by atoms with Crippen LogP contribution >= 0.6 is 0 Å². The second-order valence-electron chi connectivity index (χ2n) is 1.87. The quantitative estimate of drug-likeness (QED) is 0.579. The van der Waals surface area contributed by atoms with E-state index >= 15 is 0 Å². The van der Waals surface area contributed by atoms with E-state index in [1.165, 1.54) is 6.92 Å². The maximum Gasteiger partial charge on any atom is 0.306 e. The van der Waals surface area contributed by atoms with Gasteiger partial charge in [-0.1, -0.05) is 6.92 Å². The number of carboxylic acid groups (broad SMARTS) is 1. The van der Waals surface area contributed by atoms with Crippen molar-refractivity contribution >= 4 is 11.9 Å². The highest BCUT2D eigenvalue weighted by Crippen LogP contribution is 1.99. The lowest BCUT2D eigenvalue weighted by Gasteiger charge is -1.98. The van der Waals surface area contributed by atoms with Gasteiger partial charge in [-0.3, -0.25) is 15.3 Å². The van der Waals surface area contributed by atoms with Crippen LogP contribution in [-0.4, -0.2) is 17.0 Å². The molecule has 4 nitrogen and oxygen atoms in total. The van der Waals surface area contributed by atoms with Gasteiger partial charge in [-0.25, -0.2) is 0 Å². The van der Waals surface area contributed by atoms with Crippen molar-refractivity contribution < 1.29 is 14.7 Å². The first-order valence-electron chi connectivity index (χ1n) is 2.51. The molecule has 4 heteroatoms. The van der Waals surface area contributed by atoms with Crippen LogP contribution in [0, 0.1) is 5.92 Å². The van der Waals surface area contributed by atoms with E-state index in [9.17, 15) is 9.59 Å². The maximum atomic E-state index is 10.00. The van der Waals surface area contributed by atoms with E-state index in [0.717, 1.165) is 0 Å². The van der Waals surface area contributed by atoms with Crippen LogP contribution in [0.3, 0.4) is 0 Å².